The standard InChI is InChI=1S/C23H23ClN2O2/c1-16-7-10-19(13-21(16)24)26-23(27)15-28-20-11-8-18(9-12-20)14-25-22-6-4-3-5-17(22)2/h3-13,25H,14-15H2,1-2H3,(H,26,27). The van der Waals surface area contributed by atoms with Crippen LogP contribution in [0.5, 0.6) is 5.75 Å². The quantitative estimate of drug-likeness (QED) is 0.549. The Kier molecular flexibility index (Phi) is 6.56. The van der Waals surface area contributed by atoms with Gasteiger partial charge in [-0.15, -0.1) is 0 Å². The number of aryl methyl sites for hydroxylation is 2. The van der Waals surface area contributed by atoms with Crippen molar-refractivity contribution in [1.82, 2.24) is 0 Å². The Morgan fingerprint density at radius 1 is 0.964 bits per heavy atom. The number of hydrogen-bond donors (Lipinski definition) is 2. The summed E-state index contributed by atoms with van der Waals surface area (Å²) in [6.45, 7) is 4.65. The van der Waals surface area contributed by atoms with Gasteiger partial charge in [-0.3, -0.25) is 4.79 Å². The zero-order valence-electron chi connectivity index (χ0n) is 16.0. The molecule has 3 aromatic rings. The van der Waals surface area contributed by atoms with Crippen molar-refractivity contribution in [1.29, 1.82) is 0 Å². The summed E-state index contributed by atoms with van der Waals surface area (Å²) < 4.78 is 5.57. The highest BCUT2D eigenvalue weighted by atomic mass is 35.5. The first-order valence-electron chi connectivity index (χ1n) is 9.08. The van der Waals surface area contributed by atoms with Crippen LogP contribution in [-0.4, -0.2) is 12.5 Å². The number of carbonyl (C=O) groups is 1. The number of rotatable bonds is 7. The third kappa shape index (κ3) is 5.51. The number of anilines is 2. The first-order chi connectivity index (χ1) is 13.5. The molecule has 0 bridgehead atoms. The Morgan fingerprint density at radius 2 is 1.71 bits per heavy atom. The second-order valence-corrected chi connectivity index (χ2v) is 7.02. The molecule has 3 aromatic carbocycles. The van der Waals surface area contributed by atoms with Crippen LogP contribution < -0.4 is 15.4 Å². The molecule has 28 heavy (non-hydrogen) atoms. The first kappa shape index (κ1) is 19.8. The van der Waals surface area contributed by atoms with Crippen molar-refractivity contribution in [3.63, 3.8) is 0 Å². The van der Waals surface area contributed by atoms with E-state index in [1.54, 1.807) is 6.07 Å². The molecule has 144 valence electrons. The van der Waals surface area contributed by atoms with E-state index in [2.05, 4.69) is 29.7 Å². The smallest absolute Gasteiger partial charge is 0.262 e. The van der Waals surface area contributed by atoms with Gasteiger partial charge in [-0.05, 0) is 60.9 Å². The molecule has 0 saturated heterocycles. The van der Waals surface area contributed by atoms with Gasteiger partial charge in [0.05, 0.1) is 0 Å². The van der Waals surface area contributed by atoms with Crippen LogP contribution in [0.2, 0.25) is 5.02 Å². The summed E-state index contributed by atoms with van der Waals surface area (Å²) in [6, 6.07) is 21.3. The van der Waals surface area contributed by atoms with Crippen molar-refractivity contribution in [3.05, 3.63) is 88.4 Å². The Labute approximate surface area is 170 Å². The molecule has 0 aliphatic carbocycles. The van der Waals surface area contributed by atoms with E-state index in [1.165, 1.54) is 5.56 Å². The average Bonchev–Trinajstić information content (AvgIpc) is 2.69. The number of hydrogen-bond acceptors (Lipinski definition) is 3. The van der Waals surface area contributed by atoms with Gasteiger partial charge in [0.15, 0.2) is 6.61 Å². The van der Waals surface area contributed by atoms with Crippen LogP contribution in [0.4, 0.5) is 11.4 Å². The minimum Gasteiger partial charge on any atom is -0.484 e. The highest BCUT2D eigenvalue weighted by molar-refractivity contribution is 6.31. The van der Waals surface area contributed by atoms with E-state index in [1.807, 2.05) is 55.5 Å². The number of halogens is 1. The van der Waals surface area contributed by atoms with Crippen LogP contribution in [0.3, 0.4) is 0 Å². The van der Waals surface area contributed by atoms with Gasteiger partial charge in [-0.25, -0.2) is 0 Å². The fourth-order valence-corrected chi connectivity index (χ4v) is 2.87. The molecule has 0 atom stereocenters. The number of ether oxygens (including phenoxy) is 1. The number of para-hydroxylation sites is 1. The Bertz CT molecular complexity index is 955. The number of nitrogens with one attached hydrogen (secondary N) is 2. The molecule has 0 aliphatic rings. The number of amides is 1. The van der Waals surface area contributed by atoms with Gasteiger partial charge < -0.3 is 15.4 Å². The second-order valence-electron chi connectivity index (χ2n) is 6.61. The number of benzene rings is 3. The summed E-state index contributed by atoms with van der Waals surface area (Å²) >= 11 is 6.07. The first-order valence-corrected chi connectivity index (χ1v) is 9.46. The fourth-order valence-electron chi connectivity index (χ4n) is 2.69. The van der Waals surface area contributed by atoms with E-state index in [-0.39, 0.29) is 12.5 Å². The van der Waals surface area contributed by atoms with Crippen molar-refractivity contribution in [2.24, 2.45) is 0 Å². The van der Waals surface area contributed by atoms with E-state index in [0.29, 0.717) is 16.5 Å². The lowest BCUT2D eigenvalue weighted by molar-refractivity contribution is -0.118. The Morgan fingerprint density at radius 3 is 2.43 bits per heavy atom. The molecule has 0 saturated carbocycles. The van der Waals surface area contributed by atoms with Gasteiger partial charge in [0, 0.05) is 22.9 Å². The SMILES string of the molecule is Cc1ccc(NC(=O)COc2ccc(CNc3ccccc3C)cc2)cc1Cl. The molecule has 3 rings (SSSR count). The summed E-state index contributed by atoms with van der Waals surface area (Å²) in [6.07, 6.45) is 0. The molecule has 1 amide bonds. The van der Waals surface area contributed by atoms with Gasteiger partial charge in [0.2, 0.25) is 0 Å². The molecular weight excluding hydrogens is 372 g/mol. The number of carbonyl (C=O) groups excluding carboxylic acids is 1. The van der Waals surface area contributed by atoms with Crippen LogP contribution in [0, 0.1) is 13.8 Å². The Hall–Kier alpha value is -2.98. The maximum absolute atomic E-state index is 12.1. The van der Waals surface area contributed by atoms with Crippen molar-refractivity contribution >= 4 is 28.9 Å². The maximum Gasteiger partial charge on any atom is 0.262 e. The van der Waals surface area contributed by atoms with Crippen molar-refractivity contribution in [2.75, 3.05) is 17.2 Å². The second kappa shape index (κ2) is 9.29. The van der Waals surface area contributed by atoms with Gasteiger partial charge in [0.1, 0.15) is 5.75 Å². The molecule has 0 spiro atoms. The third-order valence-electron chi connectivity index (χ3n) is 4.38. The van der Waals surface area contributed by atoms with Gasteiger partial charge >= 0.3 is 0 Å². The average molecular weight is 395 g/mol. The summed E-state index contributed by atoms with van der Waals surface area (Å²) in [5.41, 5.74) is 5.09. The fraction of sp³-hybridized carbons (Fsp3) is 0.174. The van der Waals surface area contributed by atoms with Crippen molar-refractivity contribution in [2.45, 2.75) is 20.4 Å². The highest BCUT2D eigenvalue weighted by Gasteiger charge is 2.06. The van der Waals surface area contributed by atoms with Crippen LogP contribution in [0.25, 0.3) is 0 Å². The van der Waals surface area contributed by atoms with Gasteiger partial charge in [-0.1, -0.05) is 48.0 Å². The minimum absolute atomic E-state index is 0.0632. The van der Waals surface area contributed by atoms with Gasteiger partial charge in [0.25, 0.3) is 5.91 Å². The van der Waals surface area contributed by atoms with Crippen LogP contribution in [0.15, 0.2) is 66.7 Å². The molecule has 0 heterocycles. The predicted octanol–water partition coefficient (Wildman–Crippen LogP) is 5.59. The summed E-state index contributed by atoms with van der Waals surface area (Å²) in [7, 11) is 0. The van der Waals surface area contributed by atoms with Crippen LogP contribution >= 0.6 is 11.6 Å². The van der Waals surface area contributed by atoms with Crippen molar-refractivity contribution in [3.8, 4) is 5.75 Å². The lowest BCUT2D eigenvalue weighted by Crippen LogP contribution is -2.20. The highest BCUT2D eigenvalue weighted by Crippen LogP contribution is 2.20. The zero-order chi connectivity index (χ0) is 19.9. The van der Waals surface area contributed by atoms with Crippen LogP contribution in [-0.2, 0) is 11.3 Å². The molecule has 0 aliphatic heterocycles. The topological polar surface area (TPSA) is 50.4 Å². The monoisotopic (exact) mass is 394 g/mol. The molecule has 0 unspecified atom stereocenters. The van der Waals surface area contributed by atoms with Crippen LogP contribution in [0.1, 0.15) is 16.7 Å². The van der Waals surface area contributed by atoms with E-state index in [4.69, 9.17) is 16.3 Å². The predicted molar refractivity (Wildman–Crippen MR) is 115 cm³/mol. The van der Waals surface area contributed by atoms with E-state index in [9.17, 15) is 4.79 Å². The van der Waals surface area contributed by atoms with Gasteiger partial charge in [-0.2, -0.15) is 0 Å². The Balaban J connectivity index is 1.48. The van der Waals surface area contributed by atoms with E-state index < -0.39 is 0 Å². The molecule has 0 fully saturated rings. The van der Waals surface area contributed by atoms with Crippen molar-refractivity contribution < 1.29 is 9.53 Å². The summed E-state index contributed by atoms with van der Waals surface area (Å²) in [5, 5.41) is 6.81. The molecule has 0 radical (unpaired) electrons. The zero-order valence-corrected chi connectivity index (χ0v) is 16.7. The molecule has 5 heteroatoms. The summed E-state index contributed by atoms with van der Waals surface area (Å²) in [5.74, 6) is 0.418. The largest absolute Gasteiger partial charge is 0.484 e. The third-order valence-corrected chi connectivity index (χ3v) is 4.78. The molecular formula is C23H23ClN2O2. The molecule has 2 N–H and O–H groups in total. The maximum atomic E-state index is 12.1. The minimum atomic E-state index is -0.231. The lowest BCUT2D eigenvalue weighted by atomic mass is 10.1. The normalized spacial score (nSPS) is 10.4. The molecule has 4 nitrogen and oxygen atoms in total. The van der Waals surface area contributed by atoms with E-state index in [0.717, 1.165) is 23.4 Å². The summed E-state index contributed by atoms with van der Waals surface area (Å²) in [4.78, 5) is 12.1. The van der Waals surface area contributed by atoms with E-state index >= 15 is 0 Å². The lowest BCUT2D eigenvalue weighted by Gasteiger charge is -2.11. The molecule has 0 aromatic heterocycles.